The maximum Gasteiger partial charge on any atom is 0.198 e. The lowest BCUT2D eigenvalue weighted by atomic mass is 9.82. The third-order valence-corrected chi connectivity index (χ3v) is 4.00. The highest BCUT2D eigenvalue weighted by molar-refractivity contribution is 6.31. The van der Waals surface area contributed by atoms with Crippen LogP contribution in [0.4, 0.5) is 5.69 Å². The van der Waals surface area contributed by atoms with Crippen LogP contribution in [0.3, 0.4) is 0 Å². The van der Waals surface area contributed by atoms with Crippen LogP contribution in [-0.4, -0.2) is 29.8 Å². The molecule has 0 aromatic heterocycles. The summed E-state index contributed by atoms with van der Waals surface area (Å²) in [5.41, 5.74) is 7.09. The number of unbranched alkanes of at least 4 members (excludes halogenated alkanes) is 1. The van der Waals surface area contributed by atoms with Gasteiger partial charge in [0, 0.05) is 23.4 Å². The average molecular weight is 310 g/mol. The fourth-order valence-electron chi connectivity index (χ4n) is 2.85. The number of rotatable bonds is 5. The van der Waals surface area contributed by atoms with Gasteiger partial charge in [-0.3, -0.25) is 9.59 Å². The molecule has 1 aliphatic rings. The number of hydrogen-bond acceptors (Lipinski definition) is 5. The van der Waals surface area contributed by atoms with Gasteiger partial charge >= 0.3 is 0 Å². The molecule has 0 radical (unpaired) electrons. The molecule has 0 fully saturated rings. The zero-order valence-electron chi connectivity index (χ0n) is 12.6. The zero-order valence-corrected chi connectivity index (χ0v) is 12.6. The highest BCUT2D eigenvalue weighted by Crippen LogP contribution is 2.36. The van der Waals surface area contributed by atoms with Gasteiger partial charge in [0.05, 0.1) is 11.1 Å². The highest BCUT2D eigenvalue weighted by Gasteiger charge is 2.33. The Morgan fingerprint density at radius 2 is 1.57 bits per heavy atom. The first kappa shape index (κ1) is 15.2. The average Bonchev–Trinajstić information content (AvgIpc) is 2.57. The standard InChI is InChI=1S/C18H18N2O3/c19-9-3-4-10-20-13-7-8-14(21)16-15(13)17(22)11-5-1-2-6-12(11)18(16)23/h1-2,5-8,20-21H,3-4,9-10,19H2. The number of anilines is 1. The van der Waals surface area contributed by atoms with E-state index in [1.54, 1.807) is 30.3 Å². The van der Waals surface area contributed by atoms with Gasteiger partial charge < -0.3 is 16.2 Å². The Bertz CT molecular complexity index is 784. The third kappa shape index (κ3) is 2.59. The van der Waals surface area contributed by atoms with Crippen LogP contribution in [0.2, 0.25) is 0 Å². The van der Waals surface area contributed by atoms with Crippen LogP contribution in [0.15, 0.2) is 36.4 Å². The van der Waals surface area contributed by atoms with Crippen molar-refractivity contribution in [1.29, 1.82) is 0 Å². The Morgan fingerprint density at radius 1 is 0.913 bits per heavy atom. The summed E-state index contributed by atoms with van der Waals surface area (Å²) in [7, 11) is 0. The largest absolute Gasteiger partial charge is 0.507 e. The molecule has 5 heteroatoms. The lowest BCUT2D eigenvalue weighted by Gasteiger charge is -2.21. The molecule has 3 rings (SSSR count). The molecule has 23 heavy (non-hydrogen) atoms. The summed E-state index contributed by atoms with van der Waals surface area (Å²) >= 11 is 0. The van der Waals surface area contributed by atoms with Crippen LogP contribution in [-0.2, 0) is 0 Å². The SMILES string of the molecule is NCCCCNc1ccc(O)c2c1C(=O)c1ccccc1C2=O. The molecule has 0 saturated carbocycles. The molecule has 0 unspecified atom stereocenters. The minimum atomic E-state index is -0.321. The second kappa shape index (κ2) is 6.22. The van der Waals surface area contributed by atoms with E-state index < -0.39 is 0 Å². The first-order chi connectivity index (χ1) is 11.1. The summed E-state index contributed by atoms with van der Waals surface area (Å²) in [6.07, 6.45) is 1.74. The van der Waals surface area contributed by atoms with Gasteiger partial charge in [-0.25, -0.2) is 0 Å². The molecule has 0 saturated heterocycles. The van der Waals surface area contributed by atoms with Crippen molar-refractivity contribution in [3.8, 4) is 5.75 Å². The van der Waals surface area contributed by atoms with E-state index in [0.717, 1.165) is 12.8 Å². The molecule has 0 bridgehead atoms. The van der Waals surface area contributed by atoms with E-state index in [-0.39, 0.29) is 28.4 Å². The maximum absolute atomic E-state index is 12.8. The maximum atomic E-state index is 12.8. The van der Waals surface area contributed by atoms with Crippen LogP contribution in [0.1, 0.15) is 44.7 Å². The molecule has 0 aliphatic heterocycles. The van der Waals surface area contributed by atoms with Crippen molar-refractivity contribution in [2.24, 2.45) is 5.73 Å². The van der Waals surface area contributed by atoms with Crippen LogP contribution in [0.5, 0.6) is 5.75 Å². The first-order valence-electron chi connectivity index (χ1n) is 7.63. The quantitative estimate of drug-likeness (QED) is 0.497. The van der Waals surface area contributed by atoms with Crippen LogP contribution < -0.4 is 11.1 Å². The molecule has 4 N–H and O–H groups in total. The third-order valence-electron chi connectivity index (χ3n) is 4.00. The molecule has 5 nitrogen and oxygen atoms in total. The molecular weight excluding hydrogens is 292 g/mol. The van der Waals surface area contributed by atoms with E-state index in [9.17, 15) is 14.7 Å². The minimum Gasteiger partial charge on any atom is -0.507 e. The Kier molecular flexibility index (Phi) is 4.12. The van der Waals surface area contributed by atoms with Crippen molar-refractivity contribution in [3.05, 3.63) is 58.7 Å². The summed E-state index contributed by atoms with van der Waals surface area (Å²) in [4.78, 5) is 25.4. The van der Waals surface area contributed by atoms with Gasteiger partial charge in [0.25, 0.3) is 0 Å². The number of fused-ring (bicyclic) bond motifs is 2. The smallest absolute Gasteiger partial charge is 0.198 e. The monoisotopic (exact) mass is 310 g/mol. The molecule has 0 heterocycles. The van der Waals surface area contributed by atoms with Gasteiger partial charge in [-0.2, -0.15) is 0 Å². The topological polar surface area (TPSA) is 92.4 Å². The van der Waals surface area contributed by atoms with E-state index in [1.165, 1.54) is 6.07 Å². The van der Waals surface area contributed by atoms with Crippen molar-refractivity contribution in [1.82, 2.24) is 0 Å². The van der Waals surface area contributed by atoms with E-state index in [0.29, 0.717) is 29.9 Å². The normalized spacial score (nSPS) is 12.7. The van der Waals surface area contributed by atoms with Crippen molar-refractivity contribution >= 4 is 17.3 Å². The molecular formula is C18H18N2O3. The number of ketones is 2. The van der Waals surface area contributed by atoms with Gasteiger partial charge in [0.15, 0.2) is 11.6 Å². The predicted molar refractivity (Wildman–Crippen MR) is 88.2 cm³/mol. The lowest BCUT2D eigenvalue weighted by Crippen LogP contribution is -2.23. The number of nitrogens with one attached hydrogen (secondary N) is 1. The Labute approximate surface area is 134 Å². The Hall–Kier alpha value is -2.66. The van der Waals surface area contributed by atoms with Crippen LogP contribution in [0.25, 0.3) is 0 Å². The van der Waals surface area contributed by atoms with E-state index in [2.05, 4.69) is 5.32 Å². The van der Waals surface area contributed by atoms with E-state index >= 15 is 0 Å². The van der Waals surface area contributed by atoms with Gasteiger partial charge in [-0.1, -0.05) is 24.3 Å². The van der Waals surface area contributed by atoms with Crippen LogP contribution >= 0.6 is 0 Å². The fourth-order valence-corrected chi connectivity index (χ4v) is 2.85. The Morgan fingerprint density at radius 3 is 2.22 bits per heavy atom. The Balaban J connectivity index is 2.04. The molecule has 0 amide bonds. The number of aromatic hydroxyl groups is 1. The number of phenolic OH excluding ortho intramolecular Hbond substituents is 1. The van der Waals surface area contributed by atoms with Crippen molar-refractivity contribution in [2.75, 3.05) is 18.4 Å². The summed E-state index contributed by atoms with van der Waals surface area (Å²) in [5, 5.41) is 13.3. The van der Waals surface area contributed by atoms with Gasteiger partial charge in [0.2, 0.25) is 0 Å². The number of hydrogen-bond donors (Lipinski definition) is 3. The summed E-state index contributed by atoms with van der Waals surface area (Å²) in [6, 6.07) is 9.77. The van der Waals surface area contributed by atoms with E-state index in [1.807, 2.05) is 0 Å². The van der Waals surface area contributed by atoms with Gasteiger partial charge in [-0.05, 0) is 31.5 Å². The molecule has 118 valence electrons. The number of carbonyl (C=O) groups is 2. The zero-order chi connectivity index (χ0) is 16.4. The molecule has 0 spiro atoms. The van der Waals surface area contributed by atoms with E-state index in [4.69, 9.17) is 5.73 Å². The van der Waals surface area contributed by atoms with Gasteiger partial charge in [0.1, 0.15) is 5.75 Å². The van der Waals surface area contributed by atoms with Crippen molar-refractivity contribution < 1.29 is 14.7 Å². The molecule has 0 atom stereocenters. The summed E-state index contributed by atoms with van der Waals surface area (Å²) in [5.74, 6) is -0.730. The van der Waals surface area contributed by atoms with Gasteiger partial charge in [-0.15, -0.1) is 0 Å². The van der Waals surface area contributed by atoms with Crippen LogP contribution in [0, 0.1) is 0 Å². The number of carbonyl (C=O) groups excluding carboxylic acids is 2. The fraction of sp³-hybridized carbons (Fsp3) is 0.222. The highest BCUT2D eigenvalue weighted by atomic mass is 16.3. The molecule has 2 aromatic carbocycles. The number of phenols is 1. The molecule has 1 aliphatic carbocycles. The summed E-state index contributed by atoms with van der Waals surface area (Å²) in [6.45, 7) is 1.26. The second-order valence-electron chi connectivity index (χ2n) is 5.51. The van der Waals surface area contributed by atoms with Crippen molar-refractivity contribution in [2.45, 2.75) is 12.8 Å². The number of nitrogens with two attached hydrogens (primary N) is 1. The first-order valence-corrected chi connectivity index (χ1v) is 7.63. The summed E-state index contributed by atoms with van der Waals surface area (Å²) < 4.78 is 0. The van der Waals surface area contributed by atoms with Crippen molar-refractivity contribution in [3.63, 3.8) is 0 Å². The predicted octanol–water partition coefficient (Wildman–Crippen LogP) is 2.32. The molecule has 2 aromatic rings. The minimum absolute atomic E-state index is 0.0810. The number of benzene rings is 2. The lowest BCUT2D eigenvalue weighted by molar-refractivity contribution is 0.0977. The second-order valence-corrected chi connectivity index (χ2v) is 5.51.